The van der Waals surface area contributed by atoms with Crippen molar-refractivity contribution in [3.05, 3.63) is 35.4 Å². The van der Waals surface area contributed by atoms with Crippen molar-refractivity contribution in [2.75, 3.05) is 19.6 Å². The highest BCUT2D eigenvalue weighted by atomic mass is 127. The van der Waals surface area contributed by atoms with E-state index >= 15 is 0 Å². The summed E-state index contributed by atoms with van der Waals surface area (Å²) in [6, 6.07) is 8.83. The Labute approximate surface area is 147 Å². The highest BCUT2D eigenvalue weighted by Crippen LogP contribution is 2.22. The standard InChI is InChI=1S/C17H29N3.HI/c1-6-20(7-2)16(18)19-13-12-14-8-10-15(11-9-14)17(3,4)5;/h8-11H,6-7,12-13H2,1-5H3,(H2,18,19);1H. The van der Waals surface area contributed by atoms with Gasteiger partial charge in [0.25, 0.3) is 0 Å². The van der Waals surface area contributed by atoms with E-state index in [0.29, 0.717) is 5.96 Å². The van der Waals surface area contributed by atoms with E-state index in [-0.39, 0.29) is 29.4 Å². The predicted molar refractivity (Wildman–Crippen MR) is 104 cm³/mol. The Morgan fingerprint density at radius 1 is 1.10 bits per heavy atom. The number of rotatable bonds is 5. The van der Waals surface area contributed by atoms with Crippen molar-refractivity contribution in [2.24, 2.45) is 10.7 Å². The molecule has 0 saturated carbocycles. The van der Waals surface area contributed by atoms with Gasteiger partial charge < -0.3 is 10.6 Å². The Morgan fingerprint density at radius 3 is 2.05 bits per heavy atom. The minimum absolute atomic E-state index is 0. The summed E-state index contributed by atoms with van der Waals surface area (Å²) in [5, 5.41) is 0. The van der Waals surface area contributed by atoms with Crippen LogP contribution >= 0.6 is 24.0 Å². The lowest BCUT2D eigenvalue weighted by molar-refractivity contribution is 0.458. The topological polar surface area (TPSA) is 41.6 Å². The zero-order valence-electron chi connectivity index (χ0n) is 14.0. The zero-order chi connectivity index (χ0) is 15.2. The second-order valence-electron chi connectivity index (χ2n) is 6.11. The van der Waals surface area contributed by atoms with E-state index in [2.05, 4.69) is 68.8 Å². The van der Waals surface area contributed by atoms with E-state index in [1.54, 1.807) is 0 Å². The molecule has 1 rings (SSSR count). The highest BCUT2D eigenvalue weighted by Gasteiger charge is 2.12. The van der Waals surface area contributed by atoms with Crippen LogP contribution in [0.4, 0.5) is 0 Å². The van der Waals surface area contributed by atoms with Gasteiger partial charge in [0, 0.05) is 19.6 Å². The number of nitrogens with two attached hydrogens (primary N) is 1. The fourth-order valence-corrected chi connectivity index (χ4v) is 2.12. The quantitative estimate of drug-likeness (QED) is 0.462. The fourth-order valence-electron chi connectivity index (χ4n) is 2.12. The smallest absolute Gasteiger partial charge is 0.191 e. The molecule has 0 bridgehead atoms. The van der Waals surface area contributed by atoms with Crippen LogP contribution in [0.2, 0.25) is 0 Å². The predicted octanol–water partition coefficient (Wildman–Crippen LogP) is 3.80. The largest absolute Gasteiger partial charge is 0.370 e. The summed E-state index contributed by atoms with van der Waals surface area (Å²) >= 11 is 0. The number of guanidine groups is 1. The maximum Gasteiger partial charge on any atom is 0.191 e. The molecule has 0 aliphatic carbocycles. The van der Waals surface area contributed by atoms with Crippen LogP contribution in [-0.4, -0.2) is 30.5 Å². The van der Waals surface area contributed by atoms with Gasteiger partial charge in [-0.25, -0.2) is 0 Å². The number of aliphatic imine (C=N–C) groups is 1. The molecule has 0 atom stereocenters. The second-order valence-corrected chi connectivity index (χ2v) is 6.11. The molecular weight excluding hydrogens is 373 g/mol. The van der Waals surface area contributed by atoms with Crippen LogP contribution in [0.1, 0.15) is 45.7 Å². The van der Waals surface area contributed by atoms with E-state index in [9.17, 15) is 0 Å². The summed E-state index contributed by atoms with van der Waals surface area (Å²) in [6.07, 6.45) is 0.937. The monoisotopic (exact) mass is 403 g/mol. The molecule has 1 aromatic rings. The summed E-state index contributed by atoms with van der Waals surface area (Å²) < 4.78 is 0. The summed E-state index contributed by atoms with van der Waals surface area (Å²) in [7, 11) is 0. The van der Waals surface area contributed by atoms with Crippen LogP contribution in [0.5, 0.6) is 0 Å². The molecule has 120 valence electrons. The summed E-state index contributed by atoms with van der Waals surface area (Å²) in [4.78, 5) is 6.53. The second kappa shape index (κ2) is 9.28. The van der Waals surface area contributed by atoms with Crippen LogP contribution in [0.3, 0.4) is 0 Å². The Morgan fingerprint density at radius 2 is 1.62 bits per heavy atom. The van der Waals surface area contributed by atoms with Gasteiger partial charge in [-0.15, -0.1) is 24.0 Å². The van der Waals surface area contributed by atoms with Crippen molar-refractivity contribution in [2.45, 2.75) is 46.5 Å². The Bertz CT molecular complexity index is 428. The van der Waals surface area contributed by atoms with Gasteiger partial charge in [-0.3, -0.25) is 4.99 Å². The average Bonchev–Trinajstić information content (AvgIpc) is 2.39. The lowest BCUT2D eigenvalue weighted by atomic mass is 9.86. The Balaban J connectivity index is 0.00000400. The molecule has 4 heteroatoms. The minimum Gasteiger partial charge on any atom is -0.370 e. The summed E-state index contributed by atoms with van der Waals surface area (Å²) in [5.74, 6) is 0.654. The highest BCUT2D eigenvalue weighted by molar-refractivity contribution is 14.0. The molecule has 3 nitrogen and oxygen atoms in total. The van der Waals surface area contributed by atoms with E-state index < -0.39 is 0 Å². The molecular formula is C17H30IN3. The molecule has 0 saturated heterocycles. The first-order valence-electron chi connectivity index (χ1n) is 7.52. The summed E-state index contributed by atoms with van der Waals surface area (Å²) in [6.45, 7) is 13.5. The van der Waals surface area contributed by atoms with Crippen LogP contribution in [-0.2, 0) is 11.8 Å². The van der Waals surface area contributed by atoms with Crippen molar-refractivity contribution in [1.29, 1.82) is 0 Å². The van der Waals surface area contributed by atoms with Gasteiger partial charge in [0.2, 0.25) is 0 Å². The van der Waals surface area contributed by atoms with Crippen molar-refractivity contribution >= 4 is 29.9 Å². The van der Waals surface area contributed by atoms with Gasteiger partial charge in [-0.2, -0.15) is 0 Å². The van der Waals surface area contributed by atoms with Gasteiger partial charge in [0.1, 0.15) is 0 Å². The lowest BCUT2D eigenvalue weighted by Crippen LogP contribution is -2.37. The number of hydrogen-bond acceptors (Lipinski definition) is 1. The molecule has 0 fully saturated rings. The molecule has 0 spiro atoms. The van der Waals surface area contributed by atoms with Crippen molar-refractivity contribution in [3.63, 3.8) is 0 Å². The van der Waals surface area contributed by atoms with Gasteiger partial charge in [-0.1, -0.05) is 45.0 Å². The van der Waals surface area contributed by atoms with Gasteiger partial charge in [0.15, 0.2) is 5.96 Å². The first-order valence-corrected chi connectivity index (χ1v) is 7.52. The van der Waals surface area contributed by atoms with E-state index in [1.165, 1.54) is 11.1 Å². The first-order chi connectivity index (χ1) is 9.38. The number of nitrogens with zero attached hydrogens (tertiary/aromatic N) is 2. The first kappa shape index (κ1) is 20.2. The zero-order valence-corrected chi connectivity index (χ0v) is 16.3. The molecule has 0 radical (unpaired) electrons. The molecule has 0 aliphatic rings. The molecule has 0 unspecified atom stereocenters. The number of hydrogen-bond donors (Lipinski definition) is 1. The van der Waals surface area contributed by atoms with Crippen molar-refractivity contribution < 1.29 is 0 Å². The number of benzene rings is 1. The van der Waals surface area contributed by atoms with E-state index in [1.807, 2.05) is 0 Å². The normalized spacial score (nSPS) is 12.0. The molecule has 0 amide bonds. The molecule has 21 heavy (non-hydrogen) atoms. The van der Waals surface area contributed by atoms with Crippen LogP contribution in [0.25, 0.3) is 0 Å². The lowest BCUT2D eigenvalue weighted by Gasteiger charge is -2.19. The van der Waals surface area contributed by atoms with E-state index in [0.717, 1.165) is 26.1 Å². The van der Waals surface area contributed by atoms with Crippen molar-refractivity contribution in [1.82, 2.24) is 4.90 Å². The van der Waals surface area contributed by atoms with Gasteiger partial charge in [-0.05, 0) is 36.8 Å². The molecule has 0 aromatic heterocycles. The minimum atomic E-state index is 0. The maximum atomic E-state index is 5.96. The van der Waals surface area contributed by atoms with Gasteiger partial charge in [0.05, 0.1) is 0 Å². The van der Waals surface area contributed by atoms with Crippen LogP contribution < -0.4 is 5.73 Å². The molecule has 1 aromatic carbocycles. The average molecular weight is 403 g/mol. The molecule has 0 heterocycles. The molecule has 2 N–H and O–H groups in total. The van der Waals surface area contributed by atoms with Gasteiger partial charge >= 0.3 is 0 Å². The third-order valence-corrected chi connectivity index (χ3v) is 3.58. The third kappa shape index (κ3) is 6.68. The number of halogens is 1. The molecule has 0 aliphatic heterocycles. The maximum absolute atomic E-state index is 5.96. The fraction of sp³-hybridized carbons (Fsp3) is 0.588. The third-order valence-electron chi connectivity index (χ3n) is 3.58. The van der Waals surface area contributed by atoms with Crippen LogP contribution in [0.15, 0.2) is 29.3 Å². The Kier molecular flexibility index (Phi) is 8.94. The summed E-state index contributed by atoms with van der Waals surface area (Å²) in [5.41, 5.74) is 8.85. The Hall–Kier alpha value is -0.780. The van der Waals surface area contributed by atoms with E-state index in [4.69, 9.17) is 5.73 Å². The van der Waals surface area contributed by atoms with Crippen molar-refractivity contribution in [3.8, 4) is 0 Å². The van der Waals surface area contributed by atoms with Crippen LogP contribution in [0, 0.1) is 0 Å². The SMILES string of the molecule is CCN(CC)C(N)=NCCc1ccc(C(C)(C)C)cc1.I.